The average molecular weight is 286 g/mol. The number of aromatic nitrogens is 4. The molecule has 4 heteroatoms. The molecule has 0 saturated carbocycles. The van der Waals surface area contributed by atoms with Crippen molar-refractivity contribution in [2.75, 3.05) is 0 Å². The van der Waals surface area contributed by atoms with Gasteiger partial charge in [-0.2, -0.15) is 5.10 Å². The SMILES string of the molecule is Cc1ccncc1-c1ccc(-n2ncc3cccnc32)cc1. The van der Waals surface area contributed by atoms with Crippen LogP contribution in [-0.4, -0.2) is 19.7 Å². The van der Waals surface area contributed by atoms with Crippen molar-refractivity contribution in [2.45, 2.75) is 6.92 Å². The minimum Gasteiger partial charge on any atom is -0.264 e. The van der Waals surface area contributed by atoms with Crippen molar-refractivity contribution in [3.8, 4) is 16.8 Å². The fourth-order valence-electron chi connectivity index (χ4n) is 2.60. The summed E-state index contributed by atoms with van der Waals surface area (Å²) >= 11 is 0. The fraction of sp³-hybridized carbons (Fsp3) is 0.0556. The predicted octanol–water partition coefficient (Wildman–Crippen LogP) is 3.79. The number of nitrogens with zero attached hydrogens (tertiary/aromatic N) is 4. The van der Waals surface area contributed by atoms with Crippen molar-refractivity contribution in [1.29, 1.82) is 0 Å². The van der Waals surface area contributed by atoms with Crippen molar-refractivity contribution in [2.24, 2.45) is 0 Å². The van der Waals surface area contributed by atoms with Crippen molar-refractivity contribution in [3.05, 3.63) is 72.8 Å². The number of pyridine rings is 2. The second-order valence-corrected chi connectivity index (χ2v) is 5.21. The van der Waals surface area contributed by atoms with E-state index in [-0.39, 0.29) is 0 Å². The Morgan fingerprint density at radius 1 is 0.909 bits per heavy atom. The van der Waals surface area contributed by atoms with E-state index in [1.807, 2.05) is 41.5 Å². The monoisotopic (exact) mass is 286 g/mol. The highest BCUT2D eigenvalue weighted by atomic mass is 15.3. The van der Waals surface area contributed by atoms with E-state index in [1.54, 1.807) is 6.20 Å². The molecule has 0 unspecified atom stereocenters. The second kappa shape index (κ2) is 5.07. The molecule has 0 atom stereocenters. The lowest BCUT2D eigenvalue weighted by molar-refractivity contribution is 0.897. The number of rotatable bonds is 2. The summed E-state index contributed by atoms with van der Waals surface area (Å²) in [6, 6.07) is 14.3. The normalized spacial score (nSPS) is 11.0. The molecule has 0 radical (unpaired) electrons. The zero-order valence-corrected chi connectivity index (χ0v) is 12.1. The van der Waals surface area contributed by atoms with Gasteiger partial charge in [0.1, 0.15) is 0 Å². The van der Waals surface area contributed by atoms with Crippen LogP contribution in [0.5, 0.6) is 0 Å². The van der Waals surface area contributed by atoms with Gasteiger partial charge < -0.3 is 0 Å². The maximum Gasteiger partial charge on any atom is 0.162 e. The molecule has 0 bridgehead atoms. The fourth-order valence-corrected chi connectivity index (χ4v) is 2.60. The number of hydrogen-bond acceptors (Lipinski definition) is 3. The summed E-state index contributed by atoms with van der Waals surface area (Å²) in [5.41, 5.74) is 5.39. The molecular weight excluding hydrogens is 272 g/mol. The van der Waals surface area contributed by atoms with Gasteiger partial charge in [0, 0.05) is 29.5 Å². The number of benzene rings is 1. The molecule has 0 aliphatic rings. The Bertz CT molecular complexity index is 939. The van der Waals surface area contributed by atoms with Crippen LogP contribution in [0.15, 0.2) is 67.3 Å². The first kappa shape index (κ1) is 12.7. The van der Waals surface area contributed by atoms with Gasteiger partial charge in [-0.15, -0.1) is 0 Å². The Kier molecular flexibility index (Phi) is 2.93. The van der Waals surface area contributed by atoms with Crippen LogP contribution in [0.3, 0.4) is 0 Å². The van der Waals surface area contributed by atoms with Gasteiger partial charge in [0.05, 0.1) is 11.9 Å². The molecule has 106 valence electrons. The molecule has 0 fully saturated rings. The van der Waals surface area contributed by atoms with Crippen molar-refractivity contribution in [1.82, 2.24) is 19.7 Å². The minimum absolute atomic E-state index is 0.868. The molecule has 3 aromatic heterocycles. The lowest BCUT2D eigenvalue weighted by atomic mass is 10.0. The van der Waals surface area contributed by atoms with E-state index in [9.17, 15) is 0 Å². The zero-order chi connectivity index (χ0) is 14.9. The van der Waals surface area contributed by atoms with Crippen LogP contribution < -0.4 is 0 Å². The summed E-state index contributed by atoms with van der Waals surface area (Å²) in [5.74, 6) is 0. The Morgan fingerprint density at radius 3 is 2.59 bits per heavy atom. The molecular formula is C18H14N4. The van der Waals surface area contributed by atoms with Gasteiger partial charge >= 0.3 is 0 Å². The van der Waals surface area contributed by atoms with Crippen molar-refractivity contribution in [3.63, 3.8) is 0 Å². The van der Waals surface area contributed by atoms with Crippen LogP contribution in [0.2, 0.25) is 0 Å². The third-order valence-corrected chi connectivity index (χ3v) is 3.79. The summed E-state index contributed by atoms with van der Waals surface area (Å²) in [4.78, 5) is 8.61. The number of fused-ring (bicyclic) bond motifs is 1. The van der Waals surface area contributed by atoms with Crippen molar-refractivity contribution < 1.29 is 0 Å². The van der Waals surface area contributed by atoms with Gasteiger partial charge in [-0.3, -0.25) is 4.98 Å². The highest BCUT2D eigenvalue weighted by molar-refractivity contribution is 5.76. The smallest absolute Gasteiger partial charge is 0.162 e. The lowest BCUT2D eigenvalue weighted by Crippen LogP contribution is -1.97. The quantitative estimate of drug-likeness (QED) is 0.563. The van der Waals surface area contributed by atoms with Crippen LogP contribution >= 0.6 is 0 Å². The molecule has 1 aromatic carbocycles. The molecule has 0 saturated heterocycles. The van der Waals surface area contributed by atoms with Gasteiger partial charge in [-0.25, -0.2) is 9.67 Å². The van der Waals surface area contributed by atoms with Gasteiger partial charge in [-0.1, -0.05) is 12.1 Å². The van der Waals surface area contributed by atoms with Gasteiger partial charge in [0.2, 0.25) is 0 Å². The first-order chi connectivity index (χ1) is 10.8. The second-order valence-electron chi connectivity index (χ2n) is 5.21. The molecule has 4 rings (SSSR count). The Balaban J connectivity index is 1.78. The molecule has 0 aliphatic carbocycles. The molecule has 4 aromatic rings. The topological polar surface area (TPSA) is 43.6 Å². The third kappa shape index (κ3) is 2.05. The van der Waals surface area contributed by atoms with E-state index in [0.29, 0.717) is 0 Å². The molecule has 0 amide bonds. The molecule has 4 nitrogen and oxygen atoms in total. The maximum atomic E-state index is 4.43. The van der Waals surface area contributed by atoms with Gasteiger partial charge in [0.15, 0.2) is 5.65 Å². The largest absolute Gasteiger partial charge is 0.264 e. The molecule has 3 heterocycles. The van der Waals surface area contributed by atoms with Crippen molar-refractivity contribution >= 4 is 11.0 Å². The summed E-state index contributed by atoms with van der Waals surface area (Å²) in [6.07, 6.45) is 7.33. The number of hydrogen-bond donors (Lipinski definition) is 0. The molecule has 0 spiro atoms. The van der Waals surface area contributed by atoms with Gasteiger partial charge in [-0.05, 0) is 48.4 Å². The van der Waals surface area contributed by atoms with E-state index in [0.717, 1.165) is 27.8 Å². The average Bonchev–Trinajstić information content (AvgIpc) is 3.00. The van der Waals surface area contributed by atoms with Gasteiger partial charge in [0.25, 0.3) is 0 Å². The first-order valence-electron chi connectivity index (χ1n) is 7.13. The lowest BCUT2D eigenvalue weighted by Gasteiger charge is -2.07. The van der Waals surface area contributed by atoms with Crippen LogP contribution in [0.25, 0.3) is 27.8 Å². The summed E-state index contributed by atoms with van der Waals surface area (Å²) < 4.78 is 1.86. The van der Waals surface area contributed by atoms with E-state index in [1.165, 1.54) is 5.56 Å². The third-order valence-electron chi connectivity index (χ3n) is 3.79. The van der Waals surface area contributed by atoms with E-state index in [4.69, 9.17) is 0 Å². The van der Waals surface area contributed by atoms with E-state index < -0.39 is 0 Å². The van der Waals surface area contributed by atoms with Crippen LogP contribution in [-0.2, 0) is 0 Å². The molecule has 0 N–H and O–H groups in total. The van der Waals surface area contributed by atoms with Crippen LogP contribution in [0.1, 0.15) is 5.56 Å². The Morgan fingerprint density at radius 2 is 1.77 bits per heavy atom. The Hall–Kier alpha value is -3.01. The predicted molar refractivity (Wildman–Crippen MR) is 86.8 cm³/mol. The number of aryl methyl sites for hydroxylation is 1. The van der Waals surface area contributed by atoms with E-state index in [2.05, 4.69) is 46.3 Å². The maximum absolute atomic E-state index is 4.43. The highest BCUT2D eigenvalue weighted by Gasteiger charge is 2.06. The summed E-state index contributed by atoms with van der Waals surface area (Å²) in [6.45, 7) is 2.09. The van der Waals surface area contributed by atoms with Crippen LogP contribution in [0.4, 0.5) is 0 Å². The standard InChI is InChI=1S/C18H14N4/c1-13-8-10-19-12-17(13)14-4-6-16(7-5-14)22-18-15(11-21-22)3-2-9-20-18/h2-12H,1H3. The molecule has 22 heavy (non-hydrogen) atoms. The van der Waals surface area contributed by atoms with E-state index >= 15 is 0 Å². The summed E-state index contributed by atoms with van der Waals surface area (Å²) in [7, 11) is 0. The highest BCUT2D eigenvalue weighted by Crippen LogP contribution is 2.24. The summed E-state index contributed by atoms with van der Waals surface area (Å²) in [5, 5.41) is 5.46. The zero-order valence-electron chi connectivity index (χ0n) is 12.1. The molecule has 0 aliphatic heterocycles. The first-order valence-corrected chi connectivity index (χ1v) is 7.13. The Labute approximate surface area is 128 Å². The van der Waals surface area contributed by atoms with Crippen LogP contribution in [0, 0.1) is 6.92 Å². The minimum atomic E-state index is 0.868.